The van der Waals surface area contributed by atoms with Gasteiger partial charge in [-0.2, -0.15) is 0 Å². The molecule has 1 N–H and O–H groups in total. The molecule has 0 aliphatic rings. The second kappa shape index (κ2) is 5.13. The molecule has 0 unspecified atom stereocenters. The van der Waals surface area contributed by atoms with Crippen molar-refractivity contribution in [2.75, 3.05) is 0 Å². The molecule has 0 saturated heterocycles. The Morgan fingerprint density at radius 3 is 2.44 bits per heavy atom. The molecule has 2 nitrogen and oxygen atoms in total. The topological polar surface area (TPSA) is 28.7 Å². The highest BCUT2D eigenvalue weighted by Crippen LogP contribution is 2.29. The van der Waals surface area contributed by atoms with Crippen LogP contribution in [-0.4, -0.2) is 9.97 Å². The average molecular weight is 273 g/mol. The van der Waals surface area contributed by atoms with E-state index in [1.807, 2.05) is 0 Å². The second-order valence-corrected chi connectivity index (χ2v) is 5.04. The zero-order chi connectivity index (χ0) is 11.5. The van der Waals surface area contributed by atoms with Crippen LogP contribution in [0.3, 0.4) is 0 Å². The maximum absolute atomic E-state index is 5.78. The van der Waals surface area contributed by atoms with Gasteiger partial charge < -0.3 is 4.98 Å². The van der Waals surface area contributed by atoms with E-state index in [0.29, 0.717) is 15.5 Å². The lowest BCUT2D eigenvalue weighted by atomic mass is 10.2. The van der Waals surface area contributed by atoms with Gasteiger partial charge >= 0.3 is 0 Å². The summed E-state index contributed by atoms with van der Waals surface area (Å²) in [5, 5.41) is 1.41. The summed E-state index contributed by atoms with van der Waals surface area (Å²) in [5.41, 5.74) is 1.32. The van der Waals surface area contributed by atoms with Gasteiger partial charge in [-0.25, -0.2) is 4.98 Å². The zero-order valence-corrected chi connectivity index (χ0v) is 11.0. The molecule has 1 aromatic heterocycles. The van der Waals surface area contributed by atoms with Crippen molar-refractivity contribution in [2.24, 2.45) is 0 Å². The Hall–Kier alpha value is -0.640. The highest BCUT2D eigenvalue weighted by atomic mass is 35.5. The fourth-order valence-corrected chi connectivity index (χ4v) is 2.42. The van der Waals surface area contributed by atoms with Crippen LogP contribution in [0, 0.1) is 0 Å². The summed E-state index contributed by atoms with van der Waals surface area (Å²) in [7, 11) is 0. The van der Waals surface area contributed by atoms with Gasteiger partial charge in [0.1, 0.15) is 5.15 Å². The van der Waals surface area contributed by atoms with Gasteiger partial charge in [0.2, 0.25) is 0 Å². The van der Waals surface area contributed by atoms with Crippen LogP contribution < -0.4 is 0 Å². The molecular formula is C11H10Cl2N2S. The number of rotatable bonds is 3. The first kappa shape index (κ1) is 11.8. The maximum Gasteiger partial charge on any atom is 0.172 e. The molecule has 0 spiro atoms. The van der Waals surface area contributed by atoms with Crippen LogP contribution in [0.5, 0.6) is 0 Å². The molecule has 16 heavy (non-hydrogen) atoms. The summed E-state index contributed by atoms with van der Waals surface area (Å²) in [6.45, 7) is 2.13. The molecule has 0 amide bonds. The van der Waals surface area contributed by atoms with Crippen molar-refractivity contribution in [3.63, 3.8) is 0 Å². The quantitative estimate of drug-likeness (QED) is 0.896. The lowest BCUT2D eigenvalue weighted by molar-refractivity contribution is 1.06. The molecule has 84 valence electrons. The largest absolute Gasteiger partial charge is 0.322 e. The molecule has 0 atom stereocenters. The van der Waals surface area contributed by atoms with Crippen LogP contribution in [0.2, 0.25) is 10.3 Å². The van der Waals surface area contributed by atoms with Gasteiger partial charge in [0.05, 0.1) is 0 Å². The van der Waals surface area contributed by atoms with Crippen molar-refractivity contribution in [1.29, 1.82) is 0 Å². The monoisotopic (exact) mass is 272 g/mol. The lowest BCUT2D eigenvalue weighted by Crippen LogP contribution is -1.80. The number of hydrogen-bond donors (Lipinski definition) is 1. The second-order valence-electron chi connectivity index (χ2n) is 3.25. The number of halogens is 2. The Balaban J connectivity index is 2.14. The van der Waals surface area contributed by atoms with Crippen molar-refractivity contribution >= 4 is 35.0 Å². The fourth-order valence-electron chi connectivity index (χ4n) is 1.26. The Labute approximate surface area is 108 Å². The predicted molar refractivity (Wildman–Crippen MR) is 68.6 cm³/mol. The Kier molecular flexibility index (Phi) is 3.79. The van der Waals surface area contributed by atoms with Gasteiger partial charge in [0.15, 0.2) is 10.3 Å². The molecule has 0 fully saturated rings. The van der Waals surface area contributed by atoms with Crippen LogP contribution in [0.25, 0.3) is 0 Å². The standard InChI is InChI=1S/C11H10Cl2N2S/c1-2-7-3-5-8(6-4-7)16-11-14-9(12)10(13)15-11/h3-6H,2H2,1H3,(H,14,15). The van der Waals surface area contributed by atoms with Crippen LogP contribution >= 0.6 is 35.0 Å². The zero-order valence-electron chi connectivity index (χ0n) is 8.63. The van der Waals surface area contributed by atoms with E-state index in [2.05, 4.69) is 41.2 Å². The highest BCUT2D eigenvalue weighted by molar-refractivity contribution is 7.99. The smallest absolute Gasteiger partial charge is 0.172 e. The third-order valence-electron chi connectivity index (χ3n) is 2.14. The Bertz CT molecular complexity index is 460. The first-order valence-corrected chi connectivity index (χ1v) is 6.44. The molecule has 2 rings (SSSR count). The van der Waals surface area contributed by atoms with E-state index in [4.69, 9.17) is 23.2 Å². The number of aromatic nitrogens is 2. The van der Waals surface area contributed by atoms with Gasteiger partial charge in [0.25, 0.3) is 0 Å². The van der Waals surface area contributed by atoms with E-state index in [0.717, 1.165) is 11.3 Å². The minimum atomic E-state index is 0.314. The molecular weight excluding hydrogens is 263 g/mol. The highest BCUT2D eigenvalue weighted by Gasteiger charge is 2.06. The van der Waals surface area contributed by atoms with E-state index in [-0.39, 0.29) is 0 Å². The summed E-state index contributed by atoms with van der Waals surface area (Å²) in [6.07, 6.45) is 1.04. The summed E-state index contributed by atoms with van der Waals surface area (Å²) in [4.78, 5) is 8.11. The minimum absolute atomic E-state index is 0.314. The number of benzene rings is 1. The molecule has 0 bridgehead atoms. The molecule has 0 aliphatic carbocycles. The lowest BCUT2D eigenvalue weighted by Gasteiger charge is -1.99. The Morgan fingerprint density at radius 2 is 1.94 bits per heavy atom. The fraction of sp³-hybridized carbons (Fsp3) is 0.182. The van der Waals surface area contributed by atoms with Crippen LogP contribution in [0.1, 0.15) is 12.5 Å². The van der Waals surface area contributed by atoms with Crippen LogP contribution in [0.15, 0.2) is 34.3 Å². The third-order valence-corrected chi connectivity index (χ3v) is 3.68. The molecule has 0 aliphatic heterocycles. The molecule has 1 aromatic carbocycles. The van der Waals surface area contributed by atoms with Crippen molar-refractivity contribution in [2.45, 2.75) is 23.4 Å². The number of aromatic amines is 1. The number of nitrogens with zero attached hydrogens (tertiary/aromatic N) is 1. The van der Waals surface area contributed by atoms with Crippen molar-refractivity contribution in [3.05, 3.63) is 40.1 Å². The molecule has 1 heterocycles. The van der Waals surface area contributed by atoms with Crippen molar-refractivity contribution in [1.82, 2.24) is 9.97 Å². The first-order chi connectivity index (χ1) is 7.69. The molecule has 0 radical (unpaired) electrons. The molecule has 2 aromatic rings. The van der Waals surface area contributed by atoms with E-state index >= 15 is 0 Å². The summed E-state index contributed by atoms with van der Waals surface area (Å²) in [5.74, 6) is 0. The third kappa shape index (κ3) is 2.73. The number of aryl methyl sites for hydroxylation is 1. The number of hydrogen-bond acceptors (Lipinski definition) is 2. The van der Waals surface area contributed by atoms with Crippen molar-refractivity contribution < 1.29 is 0 Å². The SMILES string of the molecule is CCc1ccc(Sc2nc(Cl)c(Cl)[nH]2)cc1. The molecule has 0 saturated carbocycles. The van der Waals surface area contributed by atoms with Crippen LogP contribution in [0.4, 0.5) is 0 Å². The minimum Gasteiger partial charge on any atom is -0.322 e. The summed E-state index contributed by atoms with van der Waals surface area (Å²) in [6, 6.07) is 8.34. The van der Waals surface area contributed by atoms with E-state index in [1.54, 1.807) is 0 Å². The van der Waals surface area contributed by atoms with E-state index in [1.165, 1.54) is 17.3 Å². The van der Waals surface area contributed by atoms with E-state index in [9.17, 15) is 0 Å². The van der Waals surface area contributed by atoms with Gasteiger partial charge in [-0.3, -0.25) is 0 Å². The van der Waals surface area contributed by atoms with Crippen molar-refractivity contribution in [3.8, 4) is 0 Å². The molecule has 5 heteroatoms. The first-order valence-electron chi connectivity index (χ1n) is 4.87. The van der Waals surface area contributed by atoms with Gasteiger partial charge in [-0.15, -0.1) is 0 Å². The Morgan fingerprint density at radius 1 is 1.25 bits per heavy atom. The van der Waals surface area contributed by atoms with Crippen LogP contribution in [-0.2, 0) is 6.42 Å². The van der Waals surface area contributed by atoms with Gasteiger partial charge in [-0.05, 0) is 24.1 Å². The van der Waals surface area contributed by atoms with Gasteiger partial charge in [0, 0.05) is 4.90 Å². The predicted octanol–water partition coefficient (Wildman–Crippen LogP) is 4.43. The number of H-pyrrole nitrogens is 1. The number of imidazole rings is 1. The summed E-state index contributed by atoms with van der Waals surface area (Å²) >= 11 is 13.0. The average Bonchev–Trinajstić information content (AvgIpc) is 2.59. The summed E-state index contributed by atoms with van der Waals surface area (Å²) < 4.78 is 0. The number of nitrogens with one attached hydrogen (secondary N) is 1. The maximum atomic E-state index is 5.78. The van der Waals surface area contributed by atoms with Gasteiger partial charge in [-0.1, -0.05) is 54.0 Å². The normalized spacial score (nSPS) is 10.7. The van der Waals surface area contributed by atoms with E-state index < -0.39 is 0 Å².